The van der Waals surface area contributed by atoms with Gasteiger partial charge < -0.3 is 9.94 Å². The lowest BCUT2D eigenvalue weighted by molar-refractivity contribution is -0.934. The molecule has 1 N–H and O–H groups in total. The van der Waals surface area contributed by atoms with Crippen LogP contribution in [-0.2, 0) is 4.74 Å². The summed E-state index contributed by atoms with van der Waals surface area (Å²) in [5.41, 5.74) is 3.12. The second-order valence-electron chi connectivity index (χ2n) is 4.69. The van der Waals surface area contributed by atoms with Gasteiger partial charge in [0.2, 0.25) is 0 Å². The Morgan fingerprint density at radius 1 is 1.31 bits per heavy atom. The topological polar surface area (TPSA) is 44.3 Å². The van der Waals surface area contributed by atoms with Crippen LogP contribution in [0, 0.1) is 5.21 Å². The van der Waals surface area contributed by atoms with Crippen LogP contribution in [-0.4, -0.2) is 37.1 Å². The standard InChI is InChI=1S/C12H26N2O2/c1-3-5-6-8-13-14(15)9-10-16-12(11-14)7-4-2/h12-13H,3-11H2,1-2H3. The van der Waals surface area contributed by atoms with Crippen LogP contribution < -0.4 is 5.43 Å². The van der Waals surface area contributed by atoms with Crippen LogP contribution in [0.5, 0.6) is 0 Å². The number of rotatable bonds is 7. The minimum absolute atomic E-state index is 0.148. The van der Waals surface area contributed by atoms with E-state index in [4.69, 9.17) is 4.74 Å². The van der Waals surface area contributed by atoms with Gasteiger partial charge in [-0.05, 0) is 12.8 Å². The molecule has 4 heteroatoms. The summed E-state index contributed by atoms with van der Waals surface area (Å²) in [5, 5.41) is 12.3. The molecule has 1 rings (SSSR count). The smallest absolute Gasteiger partial charge is 0.123 e. The first kappa shape index (κ1) is 13.9. The maximum absolute atomic E-state index is 12.3. The summed E-state index contributed by atoms with van der Waals surface area (Å²) in [4.78, 5) is 0. The molecule has 0 aromatic rings. The van der Waals surface area contributed by atoms with E-state index in [2.05, 4.69) is 19.3 Å². The molecule has 0 aromatic carbocycles. The SMILES string of the molecule is CCCCCN[N+]1([O-])CCOC(CCC)C1. The van der Waals surface area contributed by atoms with Gasteiger partial charge in [0.25, 0.3) is 0 Å². The van der Waals surface area contributed by atoms with E-state index in [-0.39, 0.29) is 10.9 Å². The van der Waals surface area contributed by atoms with Gasteiger partial charge in [0.15, 0.2) is 0 Å². The van der Waals surface area contributed by atoms with Crippen molar-refractivity contribution >= 4 is 0 Å². The van der Waals surface area contributed by atoms with E-state index in [9.17, 15) is 5.21 Å². The molecule has 96 valence electrons. The summed E-state index contributed by atoms with van der Waals surface area (Å²) >= 11 is 0. The fourth-order valence-electron chi connectivity index (χ4n) is 2.14. The van der Waals surface area contributed by atoms with Gasteiger partial charge in [-0.15, -0.1) is 0 Å². The monoisotopic (exact) mass is 230 g/mol. The van der Waals surface area contributed by atoms with E-state index in [0.29, 0.717) is 19.7 Å². The molecule has 0 spiro atoms. The van der Waals surface area contributed by atoms with Crippen LogP contribution in [0.4, 0.5) is 0 Å². The highest BCUT2D eigenvalue weighted by Crippen LogP contribution is 2.14. The van der Waals surface area contributed by atoms with E-state index in [1.807, 2.05) is 0 Å². The van der Waals surface area contributed by atoms with Gasteiger partial charge in [0.1, 0.15) is 19.2 Å². The Kier molecular flexibility index (Phi) is 6.28. The first-order valence-corrected chi connectivity index (χ1v) is 6.65. The Hall–Kier alpha value is -0.160. The predicted molar refractivity (Wildman–Crippen MR) is 65.5 cm³/mol. The third kappa shape index (κ3) is 4.78. The third-order valence-electron chi connectivity index (χ3n) is 3.10. The number of morpholine rings is 1. The summed E-state index contributed by atoms with van der Waals surface area (Å²) in [7, 11) is 0. The van der Waals surface area contributed by atoms with Crippen molar-refractivity contribution in [1.82, 2.24) is 5.43 Å². The second-order valence-corrected chi connectivity index (χ2v) is 4.69. The molecule has 0 aromatic heterocycles. The van der Waals surface area contributed by atoms with Crippen LogP contribution in [0.3, 0.4) is 0 Å². The largest absolute Gasteiger partial charge is 0.611 e. The average molecular weight is 230 g/mol. The van der Waals surface area contributed by atoms with Crippen molar-refractivity contribution in [2.75, 3.05) is 26.2 Å². The van der Waals surface area contributed by atoms with Gasteiger partial charge in [-0.3, -0.25) is 4.76 Å². The van der Waals surface area contributed by atoms with Crippen molar-refractivity contribution in [3.63, 3.8) is 0 Å². The van der Waals surface area contributed by atoms with Crippen molar-refractivity contribution in [1.29, 1.82) is 0 Å². The number of hydroxylamine groups is 2. The van der Waals surface area contributed by atoms with Gasteiger partial charge in [0, 0.05) is 6.54 Å². The number of hydrogen-bond donors (Lipinski definition) is 1. The second kappa shape index (κ2) is 7.22. The molecule has 16 heavy (non-hydrogen) atoms. The number of nitrogens with one attached hydrogen (secondary N) is 1. The highest BCUT2D eigenvalue weighted by Gasteiger charge is 2.28. The number of nitrogens with zero attached hydrogens (tertiary/aromatic N) is 1. The lowest BCUT2D eigenvalue weighted by atomic mass is 10.2. The van der Waals surface area contributed by atoms with E-state index < -0.39 is 0 Å². The summed E-state index contributed by atoms with van der Waals surface area (Å²) in [6, 6.07) is 0. The summed E-state index contributed by atoms with van der Waals surface area (Å²) in [5.74, 6) is 0. The van der Waals surface area contributed by atoms with E-state index >= 15 is 0 Å². The van der Waals surface area contributed by atoms with Gasteiger partial charge >= 0.3 is 0 Å². The maximum atomic E-state index is 12.3. The minimum atomic E-state index is -0.256. The normalized spacial score (nSPS) is 30.6. The molecule has 1 saturated heterocycles. The van der Waals surface area contributed by atoms with Crippen molar-refractivity contribution < 1.29 is 9.49 Å². The van der Waals surface area contributed by atoms with Gasteiger partial charge in [0.05, 0.1) is 6.61 Å². The van der Waals surface area contributed by atoms with Crippen LogP contribution in [0.1, 0.15) is 46.0 Å². The number of ether oxygens (including phenoxy) is 1. The summed E-state index contributed by atoms with van der Waals surface area (Å²) in [6.07, 6.45) is 5.72. The molecule has 0 amide bonds. The van der Waals surface area contributed by atoms with Crippen LogP contribution >= 0.6 is 0 Å². The van der Waals surface area contributed by atoms with Crippen LogP contribution in [0.2, 0.25) is 0 Å². The van der Waals surface area contributed by atoms with E-state index in [1.54, 1.807) is 0 Å². The molecule has 0 saturated carbocycles. The van der Waals surface area contributed by atoms with E-state index in [1.165, 1.54) is 12.8 Å². The Labute approximate surface area is 99.1 Å². The summed E-state index contributed by atoms with van der Waals surface area (Å²) in [6.45, 7) is 6.84. The fourth-order valence-corrected chi connectivity index (χ4v) is 2.14. The zero-order valence-corrected chi connectivity index (χ0v) is 10.7. The minimum Gasteiger partial charge on any atom is -0.611 e. The van der Waals surface area contributed by atoms with Crippen molar-refractivity contribution in [3.05, 3.63) is 5.21 Å². The molecular formula is C12H26N2O2. The lowest BCUT2D eigenvalue weighted by Crippen LogP contribution is -2.61. The van der Waals surface area contributed by atoms with Gasteiger partial charge in [-0.25, -0.2) is 0 Å². The molecule has 1 heterocycles. The molecule has 1 fully saturated rings. The molecule has 2 atom stereocenters. The molecule has 0 radical (unpaired) electrons. The van der Waals surface area contributed by atoms with Gasteiger partial charge in [-0.2, -0.15) is 5.43 Å². The number of unbranched alkanes of at least 4 members (excludes halogenated alkanes) is 2. The zero-order chi connectivity index (χ0) is 11.9. The predicted octanol–water partition coefficient (Wildman–Crippen LogP) is 2.19. The third-order valence-corrected chi connectivity index (χ3v) is 3.10. The van der Waals surface area contributed by atoms with Crippen LogP contribution in [0.15, 0.2) is 0 Å². The molecule has 1 aliphatic heterocycles. The number of quaternary nitrogens is 1. The molecule has 0 aliphatic carbocycles. The Bertz CT molecular complexity index is 188. The Morgan fingerprint density at radius 3 is 2.81 bits per heavy atom. The van der Waals surface area contributed by atoms with Gasteiger partial charge in [-0.1, -0.05) is 33.1 Å². The van der Waals surface area contributed by atoms with Crippen molar-refractivity contribution in [3.8, 4) is 0 Å². The molecule has 2 unspecified atom stereocenters. The summed E-state index contributed by atoms with van der Waals surface area (Å²) < 4.78 is 5.33. The first-order chi connectivity index (χ1) is 7.70. The molecule has 0 bridgehead atoms. The molecular weight excluding hydrogens is 204 g/mol. The maximum Gasteiger partial charge on any atom is 0.123 e. The quantitative estimate of drug-likeness (QED) is 0.414. The Morgan fingerprint density at radius 2 is 2.12 bits per heavy atom. The number of hydrogen-bond acceptors (Lipinski definition) is 3. The zero-order valence-electron chi connectivity index (χ0n) is 10.7. The fraction of sp³-hybridized carbons (Fsp3) is 1.00. The lowest BCUT2D eigenvalue weighted by Gasteiger charge is -2.46. The Balaban J connectivity index is 2.25. The first-order valence-electron chi connectivity index (χ1n) is 6.65. The highest BCUT2D eigenvalue weighted by molar-refractivity contribution is 4.62. The van der Waals surface area contributed by atoms with Crippen LogP contribution in [0.25, 0.3) is 0 Å². The van der Waals surface area contributed by atoms with Crippen molar-refractivity contribution in [2.24, 2.45) is 0 Å². The highest BCUT2D eigenvalue weighted by atomic mass is 16.6. The average Bonchev–Trinajstić information content (AvgIpc) is 2.25. The molecule has 4 nitrogen and oxygen atoms in total. The van der Waals surface area contributed by atoms with E-state index in [0.717, 1.165) is 25.8 Å². The molecule has 1 aliphatic rings. The van der Waals surface area contributed by atoms with Crippen molar-refractivity contribution in [2.45, 2.75) is 52.1 Å².